The predicted octanol–water partition coefficient (Wildman–Crippen LogP) is 2.50. The second-order valence-electron chi connectivity index (χ2n) is 5.73. The topological polar surface area (TPSA) is 42.7 Å². The van der Waals surface area contributed by atoms with Crippen molar-refractivity contribution in [2.24, 2.45) is 0 Å². The van der Waals surface area contributed by atoms with Crippen LogP contribution in [0.2, 0.25) is 0 Å². The van der Waals surface area contributed by atoms with E-state index in [1.54, 1.807) is 0 Å². The molecule has 3 rings (SSSR count). The van der Waals surface area contributed by atoms with Gasteiger partial charge in [-0.2, -0.15) is 5.10 Å². The zero-order chi connectivity index (χ0) is 14.1. The van der Waals surface area contributed by atoms with Gasteiger partial charge >= 0.3 is 0 Å². The lowest BCUT2D eigenvalue weighted by atomic mass is 10.2. The number of aromatic nitrogens is 3. The molecule has 4 nitrogen and oxygen atoms in total. The Balaban J connectivity index is 1.79. The van der Waals surface area contributed by atoms with Crippen molar-refractivity contribution in [3.63, 3.8) is 0 Å². The average molecular weight is 270 g/mol. The van der Waals surface area contributed by atoms with Gasteiger partial charge in [0, 0.05) is 30.0 Å². The van der Waals surface area contributed by atoms with Gasteiger partial charge < -0.3 is 5.32 Å². The molecule has 0 bridgehead atoms. The average Bonchev–Trinajstić information content (AvgIpc) is 3.20. The maximum Gasteiger partial charge on any atom is 0.0837 e. The van der Waals surface area contributed by atoms with Crippen LogP contribution in [-0.4, -0.2) is 20.8 Å². The van der Waals surface area contributed by atoms with Gasteiger partial charge in [0.05, 0.1) is 17.9 Å². The summed E-state index contributed by atoms with van der Waals surface area (Å²) in [6.07, 6.45) is 4.49. The Kier molecular flexibility index (Phi) is 3.57. The molecular formula is C16H22N4. The van der Waals surface area contributed by atoms with Crippen molar-refractivity contribution in [1.29, 1.82) is 0 Å². The lowest BCUT2D eigenvalue weighted by Crippen LogP contribution is -2.16. The molecule has 1 saturated carbocycles. The summed E-state index contributed by atoms with van der Waals surface area (Å²) in [6.45, 7) is 8.04. The van der Waals surface area contributed by atoms with E-state index in [2.05, 4.69) is 46.9 Å². The van der Waals surface area contributed by atoms with E-state index in [1.165, 1.54) is 29.7 Å². The first kappa shape index (κ1) is 13.3. The van der Waals surface area contributed by atoms with E-state index in [0.717, 1.165) is 30.5 Å². The van der Waals surface area contributed by atoms with Gasteiger partial charge in [-0.1, -0.05) is 6.07 Å². The van der Waals surface area contributed by atoms with Crippen LogP contribution < -0.4 is 5.32 Å². The first-order chi connectivity index (χ1) is 9.65. The molecule has 0 saturated heterocycles. The van der Waals surface area contributed by atoms with Gasteiger partial charge in [0.1, 0.15) is 0 Å². The Morgan fingerprint density at radius 3 is 2.80 bits per heavy atom. The molecule has 1 N–H and O–H groups in total. The zero-order valence-corrected chi connectivity index (χ0v) is 12.5. The predicted molar refractivity (Wildman–Crippen MR) is 79.6 cm³/mol. The van der Waals surface area contributed by atoms with Gasteiger partial charge in [-0.15, -0.1) is 0 Å². The minimum Gasteiger partial charge on any atom is -0.310 e. The molecule has 0 unspecified atom stereocenters. The van der Waals surface area contributed by atoms with Crippen molar-refractivity contribution in [2.75, 3.05) is 0 Å². The SMILES string of the molecule is Cc1cccnc1Cn1nc(C)c(CNC2CC2)c1C. The van der Waals surface area contributed by atoms with Crippen LogP contribution in [0.5, 0.6) is 0 Å². The second-order valence-corrected chi connectivity index (χ2v) is 5.73. The zero-order valence-electron chi connectivity index (χ0n) is 12.5. The van der Waals surface area contributed by atoms with Gasteiger partial charge in [-0.3, -0.25) is 9.67 Å². The summed E-state index contributed by atoms with van der Waals surface area (Å²) in [6, 6.07) is 4.81. The lowest BCUT2D eigenvalue weighted by molar-refractivity contribution is 0.639. The Morgan fingerprint density at radius 2 is 2.10 bits per heavy atom. The van der Waals surface area contributed by atoms with Gasteiger partial charge in [-0.25, -0.2) is 0 Å². The fourth-order valence-electron chi connectivity index (χ4n) is 2.50. The summed E-state index contributed by atoms with van der Waals surface area (Å²) in [5.74, 6) is 0. The second kappa shape index (κ2) is 5.37. The number of hydrogen-bond donors (Lipinski definition) is 1. The van der Waals surface area contributed by atoms with Crippen molar-refractivity contribution in [3.05, 3.63) is 46.5 Å². The molecule has 2 heterocycles. The van der Waals surface area contributed by atoms with Crippen LogP contribution in [0.3, 0.4) is 0 Å². The fourth-order valence-corrected chi connectivity index (χ4v) is 2.50. The molecule has 106 valence electrons. The standard InChI is InChI=1S/C16H22N4/c1-11-5-4-8-17-16(11)10-20-13(3)15(12(2)19-20)9-18-14-6-7-14/h4-5,8,14,18H,6-7,9-10H2,1-3H3. The van der Waals surface area contributed by atoms with E-state index in [-0.39, 0.29) is 0 Å². The molecule has 20 heavy (non-hydrogen) atoms. The van der Waals surface area contributed by atoms with Gasteiger partial charge in [0.25, 0.3) is 0 Å². The summed E-state index contributed by atoms with van der Waals surface area (Å²) in [5.41, 5.74) is 6.04. The molecular weight excluding hydrogens is 248 g/mol. The number of nitrogens with one attached hydrogen (secondary N) is 1. The van der Waals surface area contributed by atoms with Crippen LogP contribution >= 0.6 is 0 Å². The number of pyridine rings is 1. The number of hydrogen-bond acceptors (Lipinski definition) is 3. The molecule has 2 aromatic rings. The normalized spacial score (nSPS) is 14.8. The highest BCUT2D eigenvalue weighted by Crippen LogP contribution is 2.21. The summed E-state index contributed by atoms with van der Waals surface area (Å²) < 4.78 is 2.08. The Morgan fingerprint density at radius 1 is 1.30 bits per heavy atom. The van der Waals surface area contributed by atoms with Crippen molar-refractivity contribution >= 4 is 0 Å². The van der Waals surface area contributed by atoms with E-state index < -0.39 is 0 Å². The monoisotopic (exact) mass is 270 g/mol. The smallest absolute Gasteiger partial charge is 0.0837 e. The molecule has 0 radical (unpaired) electrons. The van der Waals surface area contributed by atoms with Crippen LogP contribution in [0, 0.1) is 20.8 Å². The molecule has 1 fully saturated rings. The molecule has 0 aliphatic heterocycles. The van der Waals surface area contributed by atoms with E-state index in [9.17, 15) is 0 Å². The molecule has 0 spiro atoms. The summed E-state index contributed by atoms with van der Waals surface area (Å²) in [5, 5.41) is 8.26. The number of aryl methyl sites for hydroxylation is 2. The van der Waals surface area contributed by atoms with Crippen LogP contribution in [-0.2, 0) is 13.1 Å². The van der Waals surface area contributed by atoms with Crippen LogP contribution in [0.4, 0.5) is 0 Å². The molecule has 0 atom stereocenters. The van der Waals surface area contributed by atoms with E-state index >= 15 is 0 Å². The van der Waals surface area contributed by atoms with Crippen molar-refractivity contribution < 1.29 is 0 Å². The maximum absolute atomic E-state index is 4.68. The molecule has 2 aromatic heterocycles. The highest BCUT2D eigenvalue weighted by atomic mass is 15.3. The Bertz CT molecular complexity index is 611. The minimum absolute atomic E-state index is 0.732. The van der Waals surface area contributed by atoms with Crippen molar-refractivity contribution in [3.8, 4) is 0 Å². The third-order valence-electron chi connectivity index (χ3n) is 4.09. The fraction of sp³-hybridized carbons (Fsp3) is 0.500. The van der Waals surface area contributed by atoms with Crippen LogP contribution in [0.1, 0.15) is 41.1 Å². The highest BCUT2D eigenvalue weighted by molar-refractivity contribution is 5.26. The van der Waals surface area contributed by atoms with Gasteiger partial charge in [0.2, 0.25) is 0 Å². The first-order valence-corrected chi connectivity index (χ1v) is 7.32. The third-order valence-corrected chi connectivity index (χ3v) is 4.09. The minimum atomic E-state index is 0.732. The Labute approximate surface area is 120 Å². The van der Waals surface area contributed by atoms with Crippen LogP contribution in [0.25, 0.3) is 0 Å². The molecule has 1 aliphatic rings. The summed E-state index contributed by atoms with van der Waals surface area (Å²) >= 11 is 0. The van der Waals surface area contributed by atoms with Crippen molar-refractivity contribution in [2.45, 2.75) is 52.7 Å². The number of nitrogens with zero attached hydrogens (tertiary/aromatic N) is 3. The van der Waals surface area contributed by atoms with E-state index in [4.69, 9.17) is 0 Å². The third kappa shape index (κ3) is 2.75. The van der Waals surface area contributed by atoms with Crippen molar-refractivity contribution in [1.82, 2.24) is 20.1 Å². The molecule has 0 amide bonds. The van der Waals surface area contributed by atoms with E-state index in [1.807, 2.05) is 12.3 Å². The lowest BCUT2D eigenvalue weighted by Gasteiger charge is -2.08. The largest absolute Gasteiger partial charge is 0.310 e. The van der Waals surface area contributed by atoms with E-state index in [0.29, 0.717) is 0 Å². The first-order valence-electron chi connectivity index (χ1n) is 7.32. The molecule has 1 aliphatic carbocycles. The van der Waals surface area contributed by atoms with Gasteiger partial charge in [-0.05, 0) is 45.2 Å². The molecule has 0 aromatic carbocycles. The highest BCUT2D eigenvalue weighted by Gasteiger charge is 2.21. The summed E-state index contributed by atoms with van der Waals surface area (Å²) in [4.78, 5) is 4.46. The summed E-state index contributed by atoms with van der Waals surface area (Å²) in [7, 11) is 0. The van der Waals surface area contributed by atoms with Crippen LogP contribution in [0.15, 0.2) is 18.3 Å². The van der Waals surface area contributed by atoms with Gasteiger partial charge in [0.15, 0.2) is 0 Å². The Hall–Kier alpha value is -1.68. The molecule has 4 heteroatoms. The maximum atomic E-state index is 4.68. The number of rotatable bonds is 5. The quantitative estimate of drug-likeness (QED) is 0.907.